The number of carbonyl (C=O) groups is 2. The van der Waals surface area contributed by atoms with E-state index in [2.05, 4.69) is 0 Å². The Kier molecular flexibility index (Phi) is 6.62. The van der Waals surface area contributed by atoms with Crippen LogP contribution in [0.2, 0.25) is 0 Å². The summed E-state index contributed by atoms with van der Waals surface area (Å²) < 4.78 is 17.0. The first kappa shape index (κ1) is 19.8. The molecule has 2 unspecified atom stereocenters. The lowest BCUT2D eigenvalue weighted by atomic mass is 9.80. The second-order valence-electron chi connectivity index (χ2n) is 6.08. The van der Waals surface area contributed by atoms with Crippen LogP contribution in [0.3, 0.4) is 0 Å². The molecule has 1 aliphatic rings. The Morgan fingerprint density at radius 1 is 1.38 bits per heavy atom. The smallest absolute Gasteiger partial charge is 0.407 e. The van der Waals surface area contributed by atoms with E-state index in [1.807, 2.05) is 0 Å². The molecule has 9 nitrogen and oxygen atoms in total. The Labute approximate surface area is 151 Å². The molecule has 0 aliphatic carbocycles. The summed E-state index contributed by atoms with van der Waals surface area (Å²) in [4.78, 5) is 37.1. The van der Waals surface area contributed by atoms with E-state index in [0.29, 0.717) is 17.7 Å². The molecule has 1 saturated heterocycles. The standard InChI is InChI=1S/C17H24N2O7/c1-4-25-16(21)13-8-19(17(22)23)6-5-11(13)12-7-15(20)18(2)9-14(12)26-10-24-3/h7,9,11,13H,4-6,8,10H2,1-3H3,(H,22,23). The number of carboxylic acid groups (broad SMARTS) is 1. The molecule has 2 heterocycles. The molecule has 0 spiro atoms. The van der Waals surface area contributed by atoms with Crippen LogP contribution in [0, 0.1) is 5.92 Å². The number of methoxy groups -OCH3 is 1. The van der Waals surface area contributed by atoms with Gasteiger partial charge in [0.1, 0.15) is 5.75 Å². The van der Waals surface area contributed by atoms with Gasteiger partial charge in [-0.05, 0) is 13.3 Å². The van der Waals surface area contributed by atoms with E-state index in [9.17, 15) is 19.5 Å². The molecule has 1 amide bonds. The number of piperidine rings is 1. The van der Waals surface area contributed by atoms with Crippen LogP contribution in [0.1, 0.15) is 24.8 Å². The molecule has 9 heteroatoms. The first-order valence-electron chi connectivity index (χ1n) is 8.35. The van der Waals surface area contributed by atoms with Gasteiger partial charge in [-0.25, -0.2) is 4.79 Å². The van der Waals surface area contributed by atoms with E-state index < -0.39 is 18.0 Å². The van der Waals surface area contributed by atoms with E-state index in [4.69, 9.17) is 14.2 Å². The number of rotatable bonds is 6. The maximum absolute atomic E-state index is 12.4. The number of nitrogens with zero attached hydrogens (tertiary/aromatic N) is 2. The fraction of sp³-hybridized carbons (Fsp3) is 0.588. The molecule has 26 heavy (non-hydrogen) atoms. The Morgan fingerprint density at radius 3 is 2.73 bits per heavy atom. The summed E-state index contributed by atoms with van der Waals surface area (Å²) in [5, 5.41) is 9.26. The van der Waals surface area contributed by atoms with Crippen molar-refractivity contribution in [3.63, 3.8) is 0 Å². The minimum absolute atomic E-state index is 0.0107. The number of aromatic nitrogens is 1. The number of hydrogen-bond donors (Lipinski definition) is 1. The maximum Gasteiger partial charge on any atom is 0.407 e. The zero-order valence-electron chi connectivity index (χ0n) is 15.1. The summed E-state index contributed by atoms with van der Waals surface area (Å²) >= 11 is 0. The third-order valence-corrected chi connectivity index (χ3v) is 4.43. The van der Waals surface area contributed by atoms with E-state index in [-0.39, 0.29) is 38.0 Å². The van der Waals surface area contributed by atoms with E-state index in [0.717, 1.165) is 0 Å². The van der Waals surface area contributed by atoms with Crippen molar-refractivity contribution in [3.05, 3.63) is 28.2 Å². The number of pyridine rings is 1. The number of carbonyl (C=O) groups excluding carboxylic acids is 1. The lowest BCUT2D eigenvalue weighted by Crippen LogP contribution is -2.46. The number of likely N-dealkylation sites (tertiary alicyclic amines) is 1. The molecular weight excluding hydrogens is 344 g/mol. The largest absolute Gasteiger partial charge is 0.466 e. The summed E-state index contributed by atoms with van der Waals surface area (Å²) in [6.07, 6.45) is 0.840. The molecule has 0 saturated carbocycles. The summed E-state index contributed by atoms with van der Waals surface area (Å²) in [6, 6.07) is 1.43. The first-order valence-corrected chi connectivity index (χ1v) is 8.35. The van der Waals surface area contributed by atoms with Crippen molar-refractivity contribution in [1.29, 1.82) is 0 Å². The van der Waals surface area contributed by atoms with Gasteiger partial charge in [-0.1, -0.05) is 0 Å². The number of aryl methyl sites for hydroxylation is 1. The van der Waals surface area contributed by atoms with Gasteiger partial charge in [-0.15, -0.1) is 0 Å². The third kappa shape index (κ3) is 4.34. The van der Waals surface area contributed by atoms with Crippen LogP contribution >= 0.6 is 0 Å². The minimum Gasteiger partial charge on any atom is -0.466 e. The minimum atomic E-state index is -1.09. The molecule has 1 N–H and O–H groups in total. The fourth-order valence-corrected chi connectivity index (χ4v) is 3.14. The van der Waals surface area contributed by atoms with Crippen molar-refractivity contribution >= 4 is 12.1 Å². The lowest BCUT2D eigenvalue weighted by Gasteiger charge is -2.36. The molecule has 0 radical (unpaired) electrons. The molecule has 2 atom stereocenters. The summed E-state index contributed by atoms with van der Waals surface area (Å²) in [5.41, 5.74) is 0.321. The number of amides is 1. The molecule has 1 fully saturated rings. The van der Waals surface area contributed by atoms with E-state index >= 15 is 0 Å². The highest BCUT2D eigenvalue weighted by Gasteiger charge is 2.39. The average Bonchev–Trinajstić information content (AvgIpc) is 2.62. The highest BCUT2D eigenvalue weighted by Crippen LogP contribution is 2.38. The van der Waals surface area contributed by atoms with Crippen LogP contribution < -0.4 is 10.3 Å². The molecule has 1 aromatic heterocycles. The molecule has 0 aromatic carbocycles. The van der Waals surface area contributed by atoms with Gasteiger partial charge in [0.25, 0.3) is 5.56 Å². The van der Waals surface area contributed by atoms with E-state index in [1.165, 1.54) is 22.6 Å². The second kappa shape index (κ2) is 8.70. The topological polar surface area (TPSA) is 107 Å². The van der Waals surface area contributed by atoms with Crippen molar-refractivity contribution < 1.29 is 28.9 Å². The number of esters is 1. The van der Waals surface area contributed by atoms with Crippen LogP contribution in [0.4, 0.5) is 4.79 Å². The Balaban J connectivity index is 2.42. The molecule has 1 aliphatic heterocycles. The number of ether oxygens (including phenoxy) is 3. The van der Waals surface area contributed by atoms with E-state index in [1.54, 1.807) is 20.2 Å². The van der Waals surface area contributed by atoms with Gasteiger partial charge in [0.2, 0.25) is 0 Å². The predicted molar refractivity (Wildman–Crippen MR) is 91.3 cm³/mol. The zero-order chi connectivity index (χ0) is 19.3. The summed E-state index contributed by atoms with van der Waals surface area (Å²) in [5.74, 6) is -1.15. The van der Waals surface area contributed by atoms with Gasteiger partial charge >= 0.3 is 12.1 Å². The van der Waals surface area contributed by atoms with Crippen LogP contribution in [0.25, 0.3) is 0 Å². The maximum atomic E-state index is 12.4. The Morgan fingerprint density at radius 2 is 2.12 bits per heavy atom. The quantitative estimate of drug-likeness (QED) is 0.590. The van der Waals surface area contributed by atoms with Crippen molar-refractivity contribution in [2.75, 3.05) is 33.6 Å². The third-order valence-electron chi connectivity index (χ3n) is 4.43. The molecule has 0 bridgehead atoms. The van der Waals surface area contributed by atoms with Gasteiger partial charge < -0.3 is 28.8 Å². The second-order valence-corrected chi connectivity index (χ2v) is 6.08. The predicted octanol–water partition coefficient (Wildman–Crippen LogP) is 1.01. The van der Waals surface area contributed by atoms with Crippen LogP contribution in [0.5, 0.6) is 5.75 Å². The molecule has 144 valence electrons. The first-order chi connectivity index (χ1) is 12.4. The fourth-order valence-electron chi connectivity index (χ4n) is 3.14. The van der Waals surface area contributed by atoms with Crippen molar-refractivity contribution in [3.8, 4) is 5.75 Å². The highest BCUT2D eigenvalue weighted by molar-refractivity contribution is 5.76. The molecule has 1 aromatic rings. The van der Waals surface area contributed by atoms with Gasteiger partial charge in [0.05, 0.1) is 12.5 Å². The summed E-state index contributed by atoms with van der Waals surface area (Å²) in [6.45, 7) is 2.14. The monoisotopic (exact) mass is 368 g/mol. The SMILES string of the molecule is CCOC(=O)C1CN(C(=O)O)CCC1c1cc(=O)n(C)cc1OCOC. The van der Waals surface area contributed by atoms with Gasteiger partial charge in [0.15, 0.2) is 6.79 Å². The highest BCUT2D eigenvalue weighted by atomic mass is 16.7. The molecular formula is C17H24N2O7. The lowest BCUT2D eigenvalue weighted by molar-refractivity contribution is -0.150. The Bertz CT molecular complexity index is 716. The van der Waals surface area contributed by atoms with Crippen LogP contribution in [-0.2, 0) is 21.3 Å². The van der Waals surface area contributed by atoms with Crippen LogP contribution in [0.15, 0.2) is 17.1 Å². The normalized spacial score (nSPS) is 19.9. The zero-order valence-corrected chi connectivity index (χ0v) is 15.1. The summed E-state index contributed by atoms with van der Waals surface area (Å²) in [7, 11) is 3.08. The van der Waals surface area contributed by atoms with Crippen LogP contribution in [-0.4, -0.2) is 60.2 Å². The van der Waals surface area contributed by atoms with Gasteiger partial charge in [-0.3, -0.25) is 9.59 Å². The Hall–Kier alpha value is -2.55. The average molecular weight is 368 g/mol. The van der Waals surface area contributed by atoms with Gasteiger partial charge in [0, 0.05) is 51.0 Å². The molecule has 2 rings (SSSR count). The number of hydrogen-bond acceptors (Lipinski definition) is 6. The van der Waals surface area contributed by atoms with Crippen molar-refractivity contribution in [2.24, 2.45) is 13.0 Å². The van der Waals surface area contributed by atoms with Gasteiger partial charge in [-0.2, -0.15) is 0 Å². The van der Waals surface area contributed by atoms with Crippen molar-refractivity contribution in [2.45, 2.75) is 19.3 Å². The van der Waals surface area contributed by atoms with Crippen molar-refractivity contribution in [1.82, 2.24) is 9.47 Å².